The predicted octanol–water partition coefficient (Wildman–Crippen LogP) is 3.01. The third-order valence-electron chi connectivity index (χ3n) is 2.25. The first kappa shape index (κ1) is 14.9. The van der Waals surface area contributed by atoms with Crippen LogP contribution < -0.4 is 5.32 Å². The smallest absolute Gasteiger partial charge is 0.303 e. The van der Waals surface area contributed by atoms with Crippen LogP contribution in [0.4, 0.5) is 10.1 Å². The Balaban J connectivity index is 2.38. The summed E-state index contributed by atoms with van der Waals surface area (Å²) in [7, 11) is 0. The van der Waals surface area contributed by atoms with Crippen molar-refractivity contribution in [2.24, 2.45) is 0 Å². The Hall–Kier alpha value is -1.18. The number of hydrogen-bond donors (Lipinski definition) is 2. The molecule has 0 saturated heterocycles. The summed E-state index contributed by atoms with van der Waals surface area (Å²) in [5.74, 6) is -1.40. The molecule has 1 aromatic rings. The monoisotopic (exact) mass is 365 g/mol. The second-order valence-electron chi connectivity index (χ2n) is 3.77. The normalized spacial score (nSPS) is 10.1. The molecule has 0 bridgehead atoms. The van der Waals surface area contributed by atoms with E-state index in [1.165, 1.54) is 18.2 Å². The van der Waals surface area contributed by atoms with Gasteiger partial charge >= 0.3 is 5.97 Å². The van der Waals surface area contributed by atoms with E-state index in [2.05, 4.69) is 5.32 Å². The summed E-state index contributed by atoms with van der Waals surface area (Å²) in [4.78, 5) is 21.8. The molecule has 98 valence electrons. The van der Waals surface area contributed by atoms with E-state index in [4.69, 9.17) is 5.11 Å². The minimum Gasteiger partial charge on any atom is -0.481 e. The van der Waals surface area contributed by atoms with Crippen molar-refractivity contribution in [3.8, 4) is 0 Å². The molecule has 0 aliphatic heterocycles. The van der Waals surface area contributed by atoms with Gasteiger partial charge in [0.2, 0.25) is 5.91 Å². The van der Waals surface area contributed by atoms with Gasteiger partial charge < -0.3 is 10.4 Å². The zero-order chi connectivity index (χ0) is 13.5. The van der Waals surface area contributed by atoms with Crippen molar-refractivity contribution in [2.45, 2.75) is 25.7 Å². The third-order valence-corrected chi connectivity index (χ3v) is 3.14. The summed E-state index contributed by atoms with van der Waals surface area (Å²) in [5.41, 5.74) is 0.570. The van der Waals surface area contributed by atoms with Crippen LogP contribution in [0, 0.1) is 9.39 Å². The van der Waals surface area contributed by atoms with Gasteiger partial charge in [-0.3, -0.25) is 9.59 Å². The number of hydrogen-bond acceptors (Lipinski definition) is 2. The number of carbonyl (C=O) groups is 2. The van der Waals surface area contributed by atoms with E-state index in [-0.39, 0.29) is 24.6 Å². The molecule has 0 unspecified atom stereocenters. The zero-order valence-corrected chi connectivity index (χ0v) is 11.7. The number of anilines is 1. The molecule has 0 fully saturated rings. The summed E-state index contributed by atoms with van der Waals surface area (Å²) in [6, 6.07) is 4.12. The van der Waals surface area contributed by atoms with E-state index < -0.39 is 5.97 Å². The SMILES string of the molecule is O=C(O)CCCCC(=O)Nc1ccc(F)cc1I. The maximum atomic E-state index is 12.8. The second kappa shape index (κ2) is 7.30. The standard InChI is InChI=1S/C12H13FINO3/c13-8-5-6-10(9(14)7-8)15-11(16)3-1-2-4-12(17)18/h5-7H,1-4H2,(H,15,16)(H,17,18). The van der Waals surface area contributed by atoms with Crippen molar-refractivity contribution in [3.05, 3.63) is 27.6 Å². The second-order valence-corrected chi connectivity index (χ2v) is 4.94. The van der Waals surface area contributed by atoms with Crippen LogP contribution in [0.3, 0.4) is 0 Å². The van der Waals surface area contributed by atoms with E-state index in [0.717, 1.165) is 0 Å². The van der Waals surface area contributed by atoms with Crippen molar-refractivity contribution in [2.75, 3.05) is 5.32 Å². The first-order valence-electron chi connectivity index (χ1n) is 5.45. The number of amides is 1. The Morgan fingerprint density at radius 1 is 1.28 bits per heavy atom. The quantitative estimate of drug-likeness (QED) is 0.602. The first-order valence-corrected chi connectivity index (χ1v) is 6.53. The maximum Gasteiger partial charge on any atom is 0.303 e. The molecule has 1 amide bonds. The molecule has 0 spiro atoms. The summed E-state index contributed by atoms with van der Waals surface area (Å²) in [6.07, 6.45) is 1.33. The molecule has 0 aromatic heterocycles. The summed E-state index contributed by atoms with van der Waals surface area (Å²) in [5, 5.41) is 11.1. The molecular weight excluding hydrogens is 352 g/mol. The number of nitrogens with one attached hydrogen (secondary N) is 1. The molecule has 0 atom stereocenters. The van der Waals surface area contributed by atoms with Gasteiger partial charge in [-0.15, -0.1) is 0 Å². The molecule has 0 heterocycles. The van der Waals surface area contributed by atoms with Gasteiger partial charge in [-0.05, 0) is 53.6 Å². The van der Waals surface area contributed by atoms with Gasteiger partial charge in [0.1, 0.15) is 5.82 Å². The average Bonchev–Trinajstić information content (AvgIpc) is 2.28. The zero-order valence-electron chi connectivity index (χ0n) is 9.58. The minimum absolute atomic E-state index is 0.0708. The van der Waals surface area contributed by atoms with Gasteiger partial charge in [0.25, 0.3) is 0 Å². The largest absolute Gasteiger partial charge is 0.481 e. The molecule has 1 rings (SSSR count). The van der Waals surface area contributed by atoms with E-state index >= 15 is 0 Å². The Morgan fingerprint density at radius 2 is 1.94 bits per heavy atom. The molecule has 2 N–H and O–H groups in total. The Morgan fingerprint density at radius 3 is 2.56 bits per heavy atom. The van der Waals surface area contributed by atoms with E-state index in [1.807, 2.05) is 22.6 Å². The van der Waals surface area contributed by atoms with Crippen LogP contribution in [0.25, 0.3) is 0 Å². The highest BCUT2D eigenvalue weighted by Gasteiger charge is 2.06. The lowest BCUT2D eigenvalue weighted by Gasteiger charge is -2.07. The van der Waals surface area contributed by atoms with Gasteiger partial charge in [-0.2, -0.15) is 0 Å². The average molecular weight is 365 g/mol. The van der Waals surface area contributed by atoms with Crippen LogP contribution in [-0.4, -0.2) is 17.0 Å². The van der Waals surface area contributed by atoms with Crippen LogP contribution in [0.15, 0.2) is 18.2 Å². The number of halogens is 2. The number of carbonyl (C=O) groups excluding carboxylic acids is 1. The number of unbranched alkanes of at least 4 members (excludes halogenated alkanes) is 1. The molecule has 6 heteroatoms. The minimum atomic E-state index is -0.858. The fraction of sp³-hybridized carbons (Fsp3) is 0.333. The highest BCUT2D eigenvalue weighted by atomic mass is 127. The molecule has 4 nitrogen and oxygen atoms in total. The maximum absolute atomic E-state index is 12.8. The Bertz CT molecular complexity index is 451. The van der Waals surface area contributed by atoms with Crippen LogP contribution in [0.1, 0.15) is 25.7 Å². The lowest BCUT2D eigenvalue weighted by Crippen LogP contribution is -2.12. The van der Waals surface area contributed by atoms with Crippen molar-refractivity contribution in [1.29, 1.82) is 0 Å². The lowest BCUT2D eigenvalue weighted by molar-refractivity contribution is -0.137. The number of rotatable bonds is 6. The van der Waals surface area contributed by atoms with Gasteiger partial charge in [-0.25, -0.2) is 4.39 Å². The number of carboxylic acid groups (broad SMARTS) is 1. The van der Waals surface area contributed by atoms with Crippen LogP contribution >= 0.6 is 22.6 Å². The summed E-state index contributed by atoms with van der Waals surface area (Å²) < 4.78 is 13.5. The number of aliphatic carboxylic acids is 1. The molecule has 0 aliphatic carbocycles. The molecule has 18 heavy (non-hydrogen) atoms. The topological polar surface area (TPSA) is 66.4 Å². The van der Waals surface area contributed by atoms with Crippen molar-refractivity contribution in [3.63, 3.8) is 0 Å². The van der Waals surface area contributed by atoms with E-state index in [0.29, 0.717) is 22.1 Å². The number of benzene rings is 1. The number of carboxylic acids is 1. The van der Waals surface area contributed by atoms with Crippen molar-refractivity contribution in [1.82, 2.24) is 0 Å². The Kier molecular flexibility index (Phi) is 6.03. The van der Waals surface area contributed by atoms with Crippen molar-refractivity contribution >= 4 is 40.2 Å². The van der Waals surface area contributed by atoms with Gasteiger partial charge in [-0.1, -0.05) is 0 Å². The molecule has 0 radical (unpaired) electrons. The van der Waals surface area contributed by atoms with Gasteiger partial charge in [0, 0.05) is 16.4 Å². The van der Waals surface area contributed by atoms with Crippen LogP contribution in [0.2, 0.25) is 0 Å². The van der Waals surface area contributed by atoms with Gasteiger partial charge in [0.05, 0.1) is 5.69 Å². The van der Waals surface area contributed by atoms with Gasteiger partial charge in [0.15, 0.2) is 0 Å². The molecule has 1 aromatic carbocycles. The van der Waals surface area contributed by atoms with Crippen LogP contribution in [0.5, 0.6) is 0 Å². The first-order chi connectivity index (χ1) is 8.49. The highest BCUT2D eigenvalue weighted by molar-refractivity contribution is 14.1. The third kappa shape index (κ3) is 5.44. The highest BCUT2D eigenvalue weighted by Crippen LogP contribution is 2.19. The van der Waals surface area contributed by atoms with E-state index in [1.54, 1.807) is 0 Å². The van der Waals surface area contributed by atoms with Crippen LogP contribution in [-0.2, 0) is 9.59 Å². The summed E-state index contributed by atoms with van der Waals surface area (Å²) >= 11 is 1.94. The Labute approximate surface area is 118 Å². The molecule has 0 saturated carbocycles. The van der Waals surface area contributed by atoms with E-state index in [9.17, 15) is 14.0 Å². The molecule has 0 aliphatic rings. The predicted molar refractivity (Wildman–Crippen MR) is 73.9 cm³/mol. The molecular formula is C12H13FINO3. The fourth-order valence-corrected chi connectivity index (χ4v) is 1.98. The summed E-state index contributed by atoms with van der Waals surface area (Å²) in [6.45, 7) is 0. The lowest BCUT2D eigenvalue weighted by atomic mass is 10.2. The fourth-order valence-electron chi connectivity index (χ4n) is 1.37. The van der Waals surface area contributed by atoms with Crippen molar-refractivity contribution < 1.29 is 19.1 Å².